The highest BCUT2D eigenvalue weighted by atomic mass is 32.1. The van der Waals surface area contributed by atoms with Crippen molar-refractivity contribution in [1.29, 1.82) is 0 Å². The lowest BCUT2D eigenvalue weighted by Gasteiger charge is -2.20. The second kappa shape index (κ2) is 5.34. The average Bonchev–Trinajstić information content (AvgIpc) is 2.89. The van der Waals surface area contributed by atoms with Gasteiger partial charge in [-0.15, -0.1) is 0 Å². The molecule has 1 aromatic rings. The van der Waals surface area contributed by atoms with Crippen LogP contribution in [0.15, 0.2) is 0 Å². The Morgan fingerprint density at radius 2 is 2.44 bits per heavy atom. The summed E-state index contributed by atoms with van der Waals surface area (Å²) in [6, 6.07) is 0. The van der Waals surface area contributed by atoms with E-state index in [-0.39, 0.29) is 0 Å². The number of fused-ring (bicyclic) bond motifs is 1. The molecular weight excluding hydrogens is 248 g/mol. The summed E-state index contributed by atoms with van der Waals surface area (Å²) in [4.78, 5) is 7.58. The SMILES string of the molecule is S=c1nc(NCC2CCCO2)c2c([nH]1)CNCC2. The van der Waals surface area contributed by atoms with E-state index in [1.807, 2.05) is 0 Å². The molecule has 0 bridgehead atoms. The van der Waals surface area contributed by atoms with Crippen LogP contribution < -0.4 is 10.6 Å². The minimum Gasteiger partial charge on any atom is -0.376 e. The molecule has 5 nitrogen and oxygen atoms in total. The summed E-state index contributed by atoms with van der Waals surface area (Å²) in [5, 5.41) is 6.74. The Hall–Kier alpha value is -0.980. The van der Waals surface area contributed by atoms with E-state index in [1.165, 1.54) is 5.56 Å². The number of ether oxygens (including phenoxy) is 1. The summed E-state index contributed by atoms with van der Waals surface area (Å²) < 4.78 is 6.16. The average molecular weight is 266 g/mol. The summed E-state index contributed by atoms with van der Waals surface area (Å²) in [7, 11) is 0. The van der Waals surface area contributed by atoms with Crippen LogP contribution in [0.25, 0.3) is 0 Å². The summed E-state index contributed by atoms with van der Waals surface area (Å²) in [5.41, 5.74) is 2.43. The van der Waals surface area contributed by atoms with Crippen molar-refractivity contribution in [2.75, 3.05) is 25.0 Å². The number of aromatic amines is 1. The predicted molar refractivity (Wildman–Crippen MR) is 72.3 cm³/mol. The molecule has 1 saturated heterocycles. The van der Waals surface area contributed by atoms with E-state index in [0.29, 0.717) is 10.9 Å². The first kappa shape index (κ1) is 12.1. The Labute approximate surface area is 111 Å². The fourth-order valence-corrected chi connectivity index (χ4v) is 2.77. The van der Waals surface area contributed by atoms with E-state index in [9.17, 15) is 0 Å². The summed E-state index contributed by atoms with van der Waals surface area (Å²) >= 11 is 5.17. The van der Waals surface area contributed by atoms with Gasteiger partial charge < -0.3 is 20.4 Å². The Kier molecular flexibility index (Phi) is 3.58. The standard InChI is InChI=1S/C12H18N4OS/c18-12-15-10-7-13-4-3-9(10)11(16-12)14-6-8-2-1-5-17-8/h8,13H,1-7H2,(H2,14,15,16,18). The first-order valence-corrected chi connectivity index (χ1v) is 6.92. The van der Waals surface area contributed by atoms with E-state index in [4.69, 9.17) is 17.0 Å². The molecule has 98 valence electrons. The van der Waals surface area contributed by atoms with Crippen molar-refractivity contribution >= 4 is 18.0 Å². The maximum absolute atomic E-state index is 5.61. The van der Waals surface area contributed by atoms with Gasteiger partial charge in [-0.05, 0) is 38.0 Å². The molecule has 18 heavy (non-hydrogen) atoms. The Morgan fingerprint density at radius 1 is 1.50 bits per heavy atom. The normalized spacial score (nSPS) is 22.8. The van der Waals surface area contributed by atoms with E-state index in [2.05, 4.69) is 20.6 Å². The summed E-state index contributed by atoms with van der Waals surface area (Å²) in [6.45, 7) is 3.55. The van der Waals surface area contributed by atoms with Gasteiger partial charge in [-0.2, -0.15) is 0 Å². The number of aromatic nitrogens is 2. The van der Waals surface area contributed by atoms with E-state index >= 15 is 0 Å². The van der Waals surface area contributed by atoms with Crippen LogP contribution >= 0.6 is 12.2 Å². The number of hydrogen-bond donors (Lipinski definition) is 3. The molecule has 6 heteroatoms. The van der Waals surface area contributed by atoms with Gasteiger partial charge in [0, 0.05) is 31.0 Å². The van der Waals surface area contributed by atoms with Crippen LogP contribution in [-0.4, -0.2) is 35.8 Å². The lowest BCUT2D eigenvalue weighted by Crippen LogP contribution is -2.27. The first-order chi connectivity index (χ1) is 8.83. The molecule has 3 rings (SSSR count). The van der Waals surface area contributed by atoms with Crippen LogP contribution in [0.1, 0.15) is 24.1 Å². The molecule has 0 saturated carbocycles. The highest BCUT2D eigenvalue weighted by molar-refractivity contribution is 7.71. The van der Waals surface area contributed by atoms with Crippen molar-refractivity contribution in [3.05, 3.63) is 16.0 Å². The zero-order valence-electron chi connectivity index (χ0n) is 10.3. The number of hydrogen-bond acceptors (Lipinski definition) is 5. The van der Waals surface area contributed by atoms with Crippen LogP contribution in [-0.2, 0) is 17.7 Å². The minimum atomic E-state index is 0.321. The Morgan fingerprint density at radius 3 is 3.28 bits per heavy atom. The summed E-state index contributed by atoms with van der Waals surface area (Å²) in [5.74, 6) is 0.936. The van der Waals surface area contributed by atoms with Gasteiger partial charge in [0.15, 0.2) is 4.77 Å². The third kappa shape index (κ3) is 2.55. The Bertz CT molecular complexity index is 481. The van der Waals surface area contributed by atoms with Crippen molar-refractivity contribution in [3.8, 4) is 0 Å². The molecule has 0 aromatic carbocycles. The van der Waals surface area contributed by atoms with Crippen LogP contribution in [0, 0.1) is 4.77 Å². The van der Waals surface area contributed by atoms with Gasteiger partial charge in [0.1, 0.15) is 5.82 Å². The van der Waals surface area contributed by atoms with Crippen molar-refractivity contribution in [2.45, 2.75) is 31.9 Å². The number of anilines is 1. The molecule has 1 unspecified atom stereocenters. The molecule has 0 spiro atoms. The second-order valence-electron chi connectivity index (χ2n) is 4.79. The first-order valence-electron chi connectivity index (χ1n) is 6.51. The van der Waals surface area contributed by atoms with Gasteiger partial charge >= 0.3 is 0 Å². The van der Waals surface area contributed by atoms with Gasteiger partial charge in [0.2, 0.25) is 0 Å². The quantitative estimate of drug-likeness (QED) is 0.721. The molecule has 3 heterocycles. The van der Waals surface area contributed by atoms with Gasteiger partial charge in [0.25, 0.3) is 0 Å². The van der Waals surface area contributed by atoms with E-state index < -0.39 is 0 Å². The second-order valence-corrected chi connectivity index (χ2v) is 5.18. The monoisotopic (exact) mass is 266 g/mol. The maximum Gasteiger partial charge on any atom is 0.199 e. The third-order valence-corrected chi connectivity index (χ3v) is 3.69. The number of rotatable bonds is 3. The number of nitrogens with one attached hydrogen (secondary N) is 3. The van der Waals surface area contributed by atoms with Crippen molar-refractivity contribution < 1.29 is 4.74 Å². The molecular formula is C12H18N4OS. The van der Waals surface area contributed by atoms with Crippen molar-refractivity contribution in [1.82, 2.24) is 15.3 Å². The lowest BCUT2D eigenvalue weighted by molar-refractivity contribution is 0.120. The van der Waals surface area contributed by atoms with Crippen LogP contribution in [0.5, 0.6) is 0 Å². The van der Waals surface area contributed by atoms with Gasteiger partial charge in [0.05, 0.1) is 6.10 Å². The zero-order valence-corrected chi connectivity index (χ0v) is 11.1. The molecule has 3 N–H and O–H groups in total. The number of H-pyrrole nitrogens is 1. The lowest BCUT2D eigenvalue weighted by atomic mass is 10.1. The van der Waals surface area contributed by atoms with E-state index in [1.54, 1.807) is 0 Å². The molecule has 0 radical (unpaired) electrons. The molecule has 2 aliphatic rings. The van der Waals surface area contributed by atoms with Crippen molar-refractivity contribution in [2.24, 2.45) is 0 Å². The largest absolute Gasteiger partial charge is 0.376 e. The van der Waals surface area contributed by atoms with Crippen LogP contribution in [0.2, 0.25) is 0 Å². The highest BCUT2D eigenvalue weighted by Gasteiger charge is 2.18. The molecule has 2 aliphatic heterocycles. The van der Waals surface area contributed by atoms with Gasteiger partial charge in [-0.1, -0.05) is 0 Å². The zero-order chi connectivity index (χ0) is 12.4. The highest BCUT2D eigenvalue weighted by Crippen LogP contribution is 2.20. The third-order valence-electron chi connectivity index (χ3n) is 3.50. The van der Waals surface area contributed by atoms with Gasteiger partial charge in [-0.3, -0.25) is 0 Å². The molecule has 0 aliphatic carbocycles. The minimum absolute atomic E-state index is 0.321. The molecule has 1 fully saturated rings. The van der Waals surface area contributed by atoms with Gasteiger partial charge in [-0.25, -0.2) is 4.98 Å². The molecule has 0 amide bonds. The molecule has 1 aromatic heterocycles. The van der Waals surface area contributed by atoms with E-state index in [0.717, 1.165) is 57.0 Å². The Balaban J connectivity index is 1.77. The number of nitrogens with zero attached hydrogens (tertiary/aromatic N) is 1. The maximum atomic E-state index is 5.61. The fraction of sp³-hybridized carbons (Fsp3) is 0.667. The summed E-state index contributed by atoms with van der Waals surface area (Å²) in [6.07, 6.45) is 3.61. The van der Waals surface area contributed by atoms with Crippen LogP contribution in [0.4, 0.5) is 5.82 Å². The van der Waals surface area contributed by atoms with Crippen LogP contribution in [0.3, 0.4) is 0 Å². The van der Waals surface area contributed by atoms with Crippen molar-refractivity contribution in [3.63, 3.8) is 0 Å². The fourth-order valence-electron chi connectivity index (χ4n) is 2.55. The smallest absolute Gasteiger partial charge is 0.199 e. The topological polar surface area (TPSA) is 62.0 Å². The molecule has 1 atom stereocenters. The predicted octanol–water partition coefficient (Wildman–Crippen LogP) is 1.38.